The number of nitrogens with one attached hydrogen (secondary N) is 2. The van der Waals surface area contributed by atoms with Crippen LogP contribution in [0.5, 0.6) is 0 Å². The van der Waals surface area contributed by atoms with Crippen LogP contribution in [0.15, 0.2) is 48.5 Å². The van der Waals surface area contributed by atoms with Crippen LogP contribution < -0.4 is 10.2 Å². The Hall–Kier alpha value is -2.66. The van der Waals surface area contributed by atoms with Crippen LogP contribution in [0.1, 0.15) is 59.7 Å². The zero-order chi connectivity index (χ0) is 20.8. The number of amides is 1. The standard InChI is InChI=1S/C24H30N2O3/c1-17(2)20-8-6-19(7-9-20)15-26(22-12-13-22)16-23(27)25-14-18-4-10-21(11-5-18)24(28)29-3/h4-11,17,22H,12-16H2,1-3H3,(H,25,27)/p+1. The summed E-state index contributed by atoms with van der Waals surface area (Å²) in [6.07, 6.45) is 2.39. The Kier molecular flexibility index (Phi) is 7.04. The molecule has 5 heteroatoms. The van der Waals surface area contributed by atoms with Gasteiger partial charge in [-0.15, -0.1) is 0 Å². The Labute approximate surface area is 173 Å². The Morgan fingerprint density at radius 1 is 1.03 bits per heavy atom. The second-order valence-electron chi connectivity index (χ2n) is 8.15. The fourth-order valence-corrected chi connectivity index (χ4v) is 3.47. The molecular formula is C24H31N2O3+. The van der Waals surface area contributed by atoms with Gasteiger partial charge in [0.1, 0.15) is 6.54 Å². The summed E-state index contributed by atoms with van der Waals surface area (Å²) in [5.74, 6) is 0.233. The van der Waals surface area contributed by atoms with E-state index in [0.717, 1.165) is 12.1 Å². The van der Waals surface area contributed by atoms with Gasteiger partial charge in [0.2, 0.25) is 0 Å². The summed E-state index contributed by atoms with van der Waals surface area (Å²) in [5.41, 5.74) is 4.10. The SMILES string of the molecule is COC(=O)c1ccc(CNC(=O)C[NH+](Cc2ccc(C(C)C)cc2)C2CC2)cc1. The Morgan fingerprint density at radius 2 is 1.66 bits per heavy atom. The number of carbonyl (C=O) groups excluding carboxylic acids is 2. The predicted molar refractivity (Wildman–Crippen MR) is 113 cm³/mol. The number of rotatable bonds is 9. The lowest BCUT2D eigenvalue weighted by molar-refractivity contribution is -0.917. The smallest absolute Gasteiger partial charge is 0.337 e. The van der Waals surface area contributed by atoms with E-state index in [1.165, 1.54) is 36.0 Å². The molecule has 1 aliphatic rings. The second-order valence-corrected chi connectivity index (χ2v) is 8.15. The van der Waals surface area contributed by atoms with Crippen molar-refractivity contribution >= 4 is 11.9 Å². The topological polar surface area (TPSA) is 59.8 Å². The summed E-state index contributed by atoms with van der Waals surface area (Å²) < 4.78 is 4.70. The highest BCUT2D eigenvalue weighted by Crippen LogP contribution is 2.17. The highest BCUT2D eigenvalue weighted by Gasteiger charge is 2.34. The van der Waals surface area contributed by atoms with Crippen molar-refractivity contribution in [3.8, 4) is 0 Å². The molecule has 1 atom stereocenters. The van der Waals surface area contributed by atoms with Crippen molar-refractivity contribution in [2.45, 2.75) is 51.7 Å². The van der Waals surface area contributed by atoms with E-state index in [1.54, 1.807) is 12.1 Å². The Morgan fingerprint density at radius 3 is 2.21 bits per heavy atom. The third kappa shape index (κ3) is 6.16. The van der Waals surface area contributed by atoms with Crippen LogP contribution in [0.3, 0.4) is 0 Å². The first kappa shape index (κ1) is 21.1. The van der Waals surface area contributed by atoms with Crippen molar-refractivity contribution in [3.63, 3.8) is 0 Å². The highest BCUT2D eigenvalue weighted by molar-refractivity contribution is 5.89. The summed E-state index contributed by atoms with van der Waals surface area (Å²) in [7, 11) is 1.36. The lowest BCUT2D eigenvalue weighted by atomic mass is 10.0. The highest BCUT2D eigenvalue weighted by atomic mass is 16.5. The number of methoxy groups -OCH3 is 1. The molecule has 1 amide bonds. The summed E-state index contributed by atoms with van der Waals surface area (Å²) in [4.78, 5) is 25.3. The Balaban J connectivity index is 1.51. The van der Waals surface area contributed by atoms with Crippen molar-refractivity contribution < 1.29 is 19.2 Å². The van der Waals surface area contributed by atoms with Crippen molar-refractivity contribution in [2.75, 3.05) is 13.7 Å². The first-order valence-corrected chi connectivity index (χ1v) is 10.3. The number of benzene rings is 2. The molecule has 1 saturated carbocycles. The molecule has 1 aliphatic carbocycles. The van der Waals surface area contributed by atoms with Gasteiger partial charge in [-0.2, -0.15) is 0 Å². The first-order chi connectivity index (χ1) is 14.0. The molecule has 2 N–H and O–H groups in total. The zero-order valence-electron chi connectivity index (χ0n) is 17.5. The van der Waals surface area contributed by atoms with Crippen LogP contribution in [0.4, 0.5) is 0 Å². The number of esters is 1. The molecule has 0 heterocycles. The molecule has 5 nitrogen and oxygen atoms in total. The predicted octanol–water partition coefficient (Wildman–Crippen LogP) is 2.46. The summed E-state index contributed by atoms with van der Waals surface area (Å²) in [6.45, 7) is 6.22. The van der Waals surface area contributed by atoms with E-state index in [-0.39, 0.29) is 11.9 Å². The molecule has 1 unspecified atom stereocenters. The maximum Gasteiger partial charge on any atom is 0.337 e. The van der Waals surface area contributed by atoms with E-state index in [2.05, 4.69) is 43.4 Å². The molecule has 0 saturated heterocycles. The van der Waals surface area contributed by atoms with Gasteiger partial charge < -0.3 is 15.0 Å². The van der Waals surface area contributed by atoms with Gasteiger partial charge in [0.25, 0.3) is 5.91 Å². The van der Waals surface area contributed by atoms with Gasteiger partial charge in [0, 0.05) is 24.9 Å². The number of quaternary nitrogens is 1. The van der Waals surface area contributed by atoms with Crippen molar-refractivity contribution in [1.82, 2.24) is 5.32 Å². The molecule has 2 aromatic carbocycles. The molecule has 1 fully saturated rings. The van der Waals surface area contributed by atoms with Gasteiger partial charge in [0.15, 0.2) is 6.54 Å². The van der Waals surface area contributed by atoms with E-state index < -0.39 is 0 Å². The molecule has 0 radical (unpaired) electrons. The number of hydrogen-bond acceptors (Lipinski definition) is 3. The molecule has 29 heavy (non-hydrogen) atoms. The van der Waals surface area contributed by atoms with Gasteiger partial charge in [-0.3, -0.25) is 4.79 Å². The summed E-state index contributed by atoms with van der Waals surface area (Å²) >= 11 is 0. The molecule has 154 valence electrons. The minimum Gasteiger partial charge on any atom is -0.465 e. The van der Waals surface area contributed by atoms with Crippen molar-refractivity contribution in [1.29, 1.82) is 0 Å². The van der Waals surface area contributed by atoms with E-state index in [9.17, 15) is 9.59 Å². The minimum atomic E-state index is -0.356. The fraction of sp³-hybridized carbons (Fsp3) is 0.417. The largest absolute Gasteiger partial charge is 0.465 e. The molecule has 0 spiro atoms. The van der Waals surface area contributed by atoms with Gasteiger partial charge in [-0.1, -0.05) is 50.2 Å². The monoisotopic (exact) mass is 395 g/mol. The molecule has 0 bridgehead atoms. The average molecular weight is 396 g/mol. The maximum atomic E-state index is 12.5. The first-order valence-electron chi connectivity index (χ1n) is 10.3. The van der Waals surface area contributed by atoms with Crippen molar-refractivity contribution in [2.24, 2.45) is 0 Å². The minimum absolute atomic E-state index is 0.0581. The van der Waals surface area contributed by atoms with Crippen LogP contribution in [0, 0.1) is 0 Å². The van der Waals surface area contributed by atoms with Crippen LogP contribution >= 0.6 is 0 Å². The summed E-state index contributed by atoms with van der Waals surface area (Å²) in [6, 6.07) is 16.5. The van der Waals surface area contributed by atoms with Gasteiger partial charge in [0.05, 0.1) is 18.7 Å². The van der Waals surface area contributed by atoms with E-state index in [4.69, 9.17) is 4.74 Å². The molecule has 2 aromatic rings. The molecule has 0 aromatic heterocycles. The van der Waals surface area contributed by atoms with Gasteiger partial charge in [-0.25, -0.2) is 4.79 Å². The number of ether oxygens (including phenoxy) is 1. The quantitative estimate of drug-likeness (QED) is 0.641. The van der Waals surface area contributed by atoms with E-state index in [1.807, 2.05) is 12.1 Å². The third-order valence-electron chi connectivity index (χ3n) is 5.48. The van der Waals surface area contributed by atoms with E-state index in [0.29, 0.717) is 30.6 Å². The van der Waals surface area contributed by atoms with Crippen LogP contribution in [-0.4, -0.2) is 31.6 Å². The fourth-order valence-electron chi connectivity index (χ4n) is 3.47. The average Bonchev–Trinajstić information content (AvgIpc) is 3.57. The lowest BCUT2D eigenvalue weighted by Crippen LogP contribution is -3.13. The molecular weight excluding hydrogens is 364 g/mol. The van der Waals surface area contributed by atoms with Gasteiger partial charge >= 0.3 is 5.97 Å². The van der Waals surface area contributed by atoms with Crippen LogP contribution in [0.2, 0.25) is 0 Å². The number of carbonyl (C=O) groups is 2. The van der Waals surface area contributed by atoms with Crippen molar-refractivity contribution in [3.05, 3.63) is 70.8 Å². The zero-order valence-corrected chi connectivity index (χ0v) is 17.5. The Bertz CT molecular complexity index is 824. The van der Waals surface area contributed by atoms with E-state index >= 15 is 0 Å². The van der Waals surface area contributed by atoms with Gasteiger partial charge in [-0.05, 0) is 29.2 Å². The lowest BCUT2D eigenvalue weighted by Gasteiger charge is -2.19. The van der Waals surface area contributed by atoms with Crippen LogP contribution in [0.25, 0.3) is 0 Å². The molecule has 3 rings (SSSR count). The second kappa shape index (κ2) is 9.70. The third-order valence-corrected chi connectivity index (χ3v) is 5.48. The normalized spacial score (nSPS) is 14.5. The maximum absolute atomic E-state index is 12.5. The van der Waals surface area contributed by atoms with Crippen LogP contribution in [-0.2, 0) is 22.6 Å². The summed E-state index contributed by atoms with van der Waals surface area (Å²) in [5, 5.41) is 3.01. The number of hydrogen-bond donors (Lipinski definition) is 2. The molecule has 0 aliphatic heterocycles.